The van der Waals surface area contributed by atoms with E-state index < -0.39 is 6.10 Å². The molecule has 0 aliphatic rings. The van der Waals surface area contributed by atoms with E-state index in [1.165, 1.54) is 199 Å². The van der Waals surface area contributed by atoms with Gasteiger partial charge in [0, 0.05) is 19.3 Å². The first-order valence-electron chi connectivity index (χ1n) is 27.8. The van der Waals surface area contributed by atoms with E-state index in [1.807, 2.05) is 0 Å². The second-order valence-electron chi connectivity index (χ2n) is 18.8. The highest BCUT2D eigenvalue weighted by Crippen LogP contribution is 2.16. The van der Waals surface area contributed by atoms with E-state index in [2.05, 4.69) is 45.1 Å². The Hall–Kier alpha value is -2.11. The van der Waals surface area contributed by atoms with E-state index in [9.17, 15) is 14.4 Å². The average Bonchev–Trinajstić information content (AvgIpc) is 3.28. The van der Waals surface area contributed by atoms with Crippen LogP contribution in [0.5, 0.6) is 0 Å². The first kappa shape index (κ1) is 60.9. The lowest BCUT2D eigenvalue weighted by Crippen LogP contribution is -2.30. The zero-order chi connectivity index (χ0) is 45.8. The van der Waals surface area contributed by atoms with Gasteiger partial charge in [-0.25, -0.2) is 0 Å². The van der Waals surface area contributed by atoms with Crippen LogP contribution >= 0.6 is 0 Å². The van der Waals surface area contributed by atoms with Crippen LogP contribution in [0.1, 0.15) is 303 Å². The van der Waals surface area contributed by atoms with Gasteiger partial charge in [0.2, 0.25) is 0 Å². The Morgan fingerprint density at radius 1 is 0.302 bits per heavy atom. The molecule has 370 valence electrons. The van der Waals surface area contributed by atoms with Gasteiger partial charge in [-0.05, 0) is 70.6 Å². The standard InChI is InChI=1S/C57H106O6/c1-4-7-10-13-16-19-22-25-27-29-31-32-35-38-41-44-47-50-56(59)62-53-54(52-61-55(58)49-46-43-40-37-34-24-21-18-15-12-9-6-3)63-57(60)51-48-45-42-39-36-33-30-28-26-23-20-17-14-11-8-5-2/h18,21,25,27,54H,4-17,19-20,22-24,26,28-53H2,1-3H3/b21-18-,27-25-/t54-/m1/s1. The van der Waals surface area contributed by atoms with Crippen molar-refractivity contribution in [2.45, 2.75) is 309 Å². The highest BCUT2D eigenvalue weighted by molar-refractivity contribution is 5.71. The molecule has 63 heavy (non-hydrogen) atoms. The predicted octanol–water partition coefficient (Wildman–Crippen LogP) is 18.3. The molecule has 0 unspecified atom stereocenters. The van der Waals surface area contributed by atoms with Crippen LogP contribution < -0.4 is 0 Å². The molecular weight excluding hydrogens is 781 g/mol. The summed E-state index contributed by atoms with van der Waals surface area (Å²) in [5.41, 5.74) is 0. The van der Waals surface area contributed by atoms with Crippen molar-refractivity contribution in [3.05, 3.63) is 24.3 Å². The summed E-state index contributed by atoms with van der Waals surface area (Å²) < 4.78 is 16.8. The molecule has 6 heteroatoms. The highest BCUT2D eigenvalue weighted by Gasteiger charge is 2.19. The van der Waals surface area contributed by atoms with Gasteiger partial charge in [-0.1, -0.05) is 238 Å². The van der Waals surface area contributed by atoms with E-state index in [4.69, 9.17) is 14.2 Å². The molecular formula is C57H106O6. The van der Waals surface area contributed by atoms with Crippen molar-refractivity contribution in [1.29, 1.82) is 0 Å². The van der Waals surface area contributed by atoms with Crippen LogP contribution in [-0.2, 0) is 28.6 Å². The molecule has 0 aliphatic carbocycles. The molecule has 0 aliphatic heterocycles. The molecule has 0 aromatic rings. The number of carbonyl (C=O) groups is 3. The number of ether oxygens (including phenoxy) is 3. The molecule has 0 saturated carbocycles. The number of unbranched alkanes of at least 4 members (excludes halogenated alkanes) is 36. The van der Waals surface area contributed by atoms with E-state index in [0.717, 1.165) is 64.2 Å². The van der Waals surface area contributed by atoms with Gasteiger partial charge in [0.15, 0.2) is 6.10 Å². The molecule has 6 nitrogen and oxygen atoms in total. The first-order valence-corrected chi connectivity index (χ1v) is 27.8. The van der Waals surface area contributed by atoms with Crippen LogP contribution in [0.2, 0.25) is 0 Å². The maximum Gasteiger partial charge on any atom is 0.306 e. The lowest BCUT2D eigenvalue weighted by molar-refractivity contribution is -0.167. The molecule has 0 aromatic heterocycles. The van der Waals surface area contributed by atoms with Crippen LogP contribution in [0.15, 0.2) is 24.3 Å². The van der Waals surface area contributed by atoms with Gasteiger partial charge in [0.25, 0.3) is 0 Å². The number of esters is 3. The normalized spacial score (nSPS) is 12.1. The Balaban J connectivity index is 4.33. The van der Waals surface area contributed by atoms with Crippen molar-refractivity contribution in [2.75, 3.05) is 13.2 Å². The maximum atomic E-state index is 12.8. The smallest absolute Gasteiger partial charge is 0.306 e. The van der Waals surface area contributed by atoms with Gasteiger partial charge in [-0.2, -0.15) is 0 Å². The summed E-state index contributed by atoms with van der Waals surface area (Å²) in [5.74, 6) is -0.868. The van der Waals surface area contributed by atoms with E-state index >= 15 is 0 Å². The summed E-state index contributed by atoms with van der Waals surface area (Å²) in [4.78, 5) is 38.0. The Morgan fingerprint density at radius 3 is 0.825 bits per heavy atom. The Kier molecular flexibility index (Phi) is 50.8. The zero-order valence-electron chi connectivity index (χ0n) is 42.4. The van der Waals surface area contributed by atoms with Crippen LogP contribution in [0.4, 0.5) is 0 Å². The van der Waals surface area contributed by atoms with Crippen molar-refractivity contribution >= 4 is 17.9 Å². The van der Waals surface area contributed by atoms with Gasteiger partial charge in [0.1, 0.15) is 13.2 Å². The molecule has 0 amide bonds. The fraction of sp³-hybridized carbons (Fsp3) is 0.877. The largest absolute Gasteiger partial charge is 0.462 e. The molecule has 0 spiro atoms. The van der Waals surface area contributed by atoms with Crippen LogP contribution in [0, 0.1) is 0 Å². The van der Waals surface area contributed by atoms with Crippen molar-refractivity contribution in [3.63, 3.8) is 0 Å². The Morgan fingerprint density at radius 2 is 0.524 bits per heavy atom. The number of hydrogen-bond acceptors (Lipinski definition) is 6. The minimum Gasteiger partial charge on any atom is -0.462 e. The summed E-state index contributed by atoms with van der Waals surface area (Å²) in [6, 6.07) is 0. The van der Waals surface area contributed by atoms with Gasteiger partial charge in [0.05, 0.1) is 0 Å². The zero-order valence-corrected chi connectivity index (χ0v) is 42.4. The number of rotatable bonds is 51. The SMILES string of the molecule is CCCCC/C=C\CCCCCCCC(=O)OC[C@H](COC(=O)CCCCCCCCC/C=C\CCCCCCCC)OC(=O)CCCCCCCCCCCCCCCCCC. The molecule has 0 heterocycles. The average molecular weight is 887 g/mol. The minimum atomic E-state index is -0.771. The van der Waals surface area contributed by atoms with Gasteiger partial charge in [-0.15, -0.1) is 0 Å². The summed E-state index contributed by atoms with van der Waals surface area (Å²) in [6.45, 7) is 6.64. The van der Waals surface area contributed by atoms with E-state index in [-0.39, 0.29) is 31.1 Å². The molecule has 0 rings (SSSR count). The fourth-order valence-electron chi connectivity index (χ4n) is 8.20. The summed E-state index contributed by atoms with van der Waals surface area (Å²) in [6.07, 6.45) is 60.2. The van der Waals surface area contributed by atoms with Crippen LogP contribution in [-0.4, -0.2) is 37.2 Å². The predicted molar refractivity (Wildman–Crippen MR) is 270 cm³/mol. The van der Waals surface area contributed by atoms with E-state index in [1.54, 1.807) is 0 Å². The molecule has 0 bridgehead atoms. The molecule has 0 radical (unpaired) electrons. The fourth-order valence-corrected chi connectivity index (χ4v) is 8.20. The van der Waals surface area contributed by atoms with Gasteiger partial charge >= 0.3 is 17.9 Å². The lowest BCUT2D eigenvalue weighted by atomic mass is 10.0. The topological polar surface area (TPSA) is 78.9 Å². The van der Waals surface area contributed by atoms with Crippen LogP contribution in [0.25, 0.3) is 0 Å². The summed E-state index contributed by atoms with van der Waals surface area (Å²) in [5, 5.41) is 0. The second-order valence-corrected chi connectivity index (χ2v) is 18.8. The third-order valence-electron chi connectivity index (χ3n) is 12.4. The first-order chi connectivity index (χ1) is 31.0. The monoisotopic (exact) mass is 887 g/mol. The van der Waals surface area contributed by atoms with Crippen LogP contribution in [0.3, 0.4) is 0 Å². The molecule has 0 N–H and O–H groups in total. The minimum absolute atomic E-state index is 0.0722. The summed E-state index contributed by atoms with van der Waals surface area (Å²) in [7, 11) is 0. The lowest BCUT2D eigenvalue weighted by Gasteiger charge is -2.18. The van der Waals surface area contributed by atoms with Gasteiger partial charge < -0.3 is 14.2 Å². The number of allylic oxidation sites excluding steroid dienone is 4. The third kappa shape index (κ3) is 50.7. The van der Waals surface area contributed by atoms with Gasteiger partial charge in [-0.3, -0.25) is 14.4 Å². The number of hydrogen-bond donors (Lipinski definition) is 0. The maximum absolute atomic E-state index is 12.8. The third-order valence-corrected chi connectivity index (χ3v) is 12.4. The Labute approximate surface area is 392 Å². The van der Waals surface area contributed by atoms with Crippen molar-refractivity contribution in [1.82, 2.24) is 0 Å². The molecule has 1 atom stereocenters. The van der Waals surface area contributed by atoms with E-state index in [0.29, 0.717) is 19.3 Å². The van der Waals surface area contributed by atoms with Crippen molar-refractivity contribution < 1.29 is 28.6 Å². The summed E-state index contributed by atoms with van der Waals surface area (Å²) >= 11 is 0. The van der Waals surface area contributed by atoms with Crippen molar-refractivity contribution in [3.8, 4) is 0 Å². The molecule has 0 fully saturated rings. The molecule has 0 aromatic carbocycles. The number of carbonyl (C=O) groups excluding carboxylic acids is 3. The second kappa shape index (κ2) is 52.5. The van der Waals surface area contributed by atoms with Crippen molar-refractivity contribution in [2.24, 2.45) is 0 Å². The Bertz CT molecular complexity index is 1020. The highest BCUT2D eigenvalue weighted by atomic mass is 16.6. The molecule has 0 saturated heterocycles. The quantitative estimate of drug-likeness (QED) is 0.0262.